The van der Waals surface area contributed by atoms with Gasteiger partial charge in [0.05, 0.1) is 12.0 Å². The first kappa shape index (κ1) is 23.8. The number of urea groups is 1. The molecule has 1 unspecified atom stereocenters. The monoisotopic (exact) mass is 473 g/mol. The number of alkyl halides is 3. The van der Waals surface area contributed by atoms with Crippen LogP contribution in [0.4, 0.5) is 18.0 Å². The lowest BCUT2D eigenvalue weighted by Crippen LogP contribution is -2.56. The normalized spacial score (nSPS) is 21.3. The third-order valence-corrected chi connectivity index (χ3v) is 6.77. The van der Waals surface area contributed by atoms with E-state index in [1.807, 2.05) is 30.3 Å². The first-order valence-corrected chi connectivity index (χ1v) is 11.3. The summed E-state index contributed by atoms with van der Waals surface area (Å²) in [4.78, 5) is 39.2. The molecule has 4 amide bonds. The number of carbonyl (C=O) groups is 3. The number of amides is 4. The number of aryl methyl sites for hydroxylation is 1. The third kappa shape index (κ3) is 5.08. The molecule has 2 fully saturated rings. The molecule has 180 valence electrons. The largest absolute Gasteiger partial charge is 0.416 e. The van der Waals surface area contributed by atoms with Gasteiger partial charge in [0.1, 0.15) is 5.54 Å². The van der Waals surface area contributed by atoms with Crippen LogP contribution in [0.3, 0.4) is 0 Å². The van der Waals surface area contributed by atoms with Crippen molar-refractivity contribution in [1.29, 1.82) is 0 Å². The van der Waals surface area contributed by atoms with E-state index in [2.05, 4.69) is 10.6 Å². The van der Waals surface area contributed by atoms with Gasteiger partial charge in [-0.15, -0.1) is 0 Å². The van der Waals surface area contributed by atoms with E-state index in [9.17, 15) is 27.6 Å². The van der Waals surface area contributed by atoms with Gasteiger partial charge in [0.15, 0.2) is 0 Å². The van der Waals surface area contributed by atoms with Crippen LogP contribution in [0.15, 0.2) is 54.6 Å². The van der Waals surface area contributed by atoms with Crippen LogP contribution in [-0.4, -0.2) is 41.4 Å². The molecule has 2 aromatic carbocycles. The molecule has 4 rings (SSSR count). The maximum absolute atomic E-state index is 13.0. The quantitative estimate of drug-likeness (QED) is 0.628. The standard InChI is InChI=1S/C25H26F3N3O3/c26-25(27,28)20-8-4-7-18(15-20)16-21(32)31-13-10-19(11-14-31)24(22(33)29-23(34)30-24)12-9-17-5-2-1-3-6-17/h1-8,15,19H,9-14,16H2,(H2,29,30,33,34). The molecule has 2 saturated heterocycles. The molecule has 1 atom stereocenters. The van der Waals surface area contributed by atoms with Crippen molar-refractivity contribution < 1.29 is 27.6 Å². The molecule has 6 nitrogen and oxygen atoms in total. The maximum Gasteiger partial charge on any atom is 0.416 e. The van der Waals surface area contributed by atoms with Crippen molar-refractivity contribution in [2.24, 2.45) is 5.92 Å². The van der Waals surface area contributed by atoms with Gasteiger partial charge in [0, 0.05) is 13.1 Å². The second-order valence-corrected chi connectivity index (χ2v) is 8.90. The van der Waals surface area contributed by atoms with Gasteiger partial charge in [0.25, 0.3) is 5.91 Å². The summed E-state index contributed by atoms with van der Waals surface area (Å²) in [6, 6.07) is 14.0. The Morgan fingerprint density at radius 1 is 1.00 bits per heavy atom. The van der Waals surface area contributed by atoms with E-state index in [1.54, 1.807) is 4.90 Å². The van der Waals surface area contributed by atoms with Gasteiger partial charge in [-0.2, -0.15) is 13.2 Å². The summed E-state index contributed by atoms with van der Waals surface area (Å²) in [5, 5.41) is 5.22. The molecule has 0 aliphatic carbocycles. The van der Waals surface area contributed by atoms with E-state index in [0.29, 0.717) is 44.3 Å². The zero-order valence-corrected chi connectivity index (χ0v) is 18.5. The van der Waals surface area contributed by atoms with Gasteiger partial charge < -0.3 is 10.2 Å². The molecule has 2 heterocycles. The lowest BCUT2D eigenvalue weighted by molar-refractivity contribution is -0.138. The Hall–Kier alpha value is -3.36. The lowest BCUT2D eigenvalue weighted by Gasteiger charge is -2.40. The van der Waals surface area contributed by atoms with Crippen LogP contribution in [0, 0.1) is 5.92 Å². The Bertz CT molecular complexity index is 1070. The van der Waals surface area contributed by atoms with Crippen LogP contribution in [-0.2, 0) is 28.6 Å². The molecule has 0 bridgehead atoms. The predicted octanol–water partition coefficient (Wildman–Crippen LogP) is 3.70. The molecule has 0 spiro atoms. The van der Waals surface area contributed by atoms with Crippen molar-refractivity contribution in [3.63, 3.8) is 0 Å². The molecule has 34 heavy (non-hydrogen) atoms. The van der Waals surface area contributed by atoms with Crippen molar-refractivity contribution in [3.05, 3.63) is 71.3 Å². The highest BCUT2D eigenvalue weighted by Gasteiger charge is 2.52. The van der Waals surface area contributed by atoms with E-state index in [4.69, 9.17) is 0 Å². The Labute approximate surface area is 195 Å². The third-order valence-electron chi connectivity index (χ3n) is 6.77. The SMILES string of the molecule is O=C1NC(=O)C(CCc2ccccc2)(C2CCN(C(=O)Cc3cccc(C(F)(F)F)c3)CC2)N1. The second-order valence-electron chi connectivity index (χ2n) is 8.90. The van der Waals surface area contributed by atoms with E-state index in [0.717, 1.165) is 17.7 Å². The highest BCUT2D eigenvalue weighted by atomic mass is 19.4. The summed E-state index contributed by atoms with van der Waals surface area (Å²) in [6.07, 6.45) is -2.50. The lowest BCUT2D eigenvalue weighted by atomic mass is 9.74. The van der Waals surface area contributed by atoms with Gasteiger partial charge in [0.2, 0.25) is 5.91 Å². The fourth-order valence-corrected chi connectivity index (χ4v) is 4.92. The average Bonchev–Trinajstić information content (AvgIpc) is 3.12. The van der Waals surface area contributed by atoms with Crippen LogP contribution in [0.1, 0.15) is 36.0 Å². The number of carbonyl (C=O) groups excluding carboxylic acids is 3. The van der Waals surface area contributed by atoms with Gasteiger partial charge in [-0.3, -0.25) is 14.9 Å². The minimum atomic E-state index is -4.46. The van der Waals surface area contributed by atoms with Crippen molar-refractivity contribution in [3.8, 4) is 0 Å². The number of hydrogen-bond donors (Lipinski definition) is 2. The van der Waals surface area contributed by atoms with Crippen LogP contribution in [0.25, 0.3) is 0 Å². The Kier molecular flexibility index (Phi) is 6.63. The number of hydrogen-bond acceptors (Lipinski definition) is 3. The number of nitrogens with one attached hydrogen (secondary N) is 2. The number of likely N-dealkylation sites (tertiary alicyclic amines) is 1. The zero-order valence-electron chi connectivity index (χ0n) is 18.5. The topological polar surface area (TPSA) is 78.5 Å². The molecular weight excluding hydrogens is 447 g/mol. The van der Waals surface area contributed by atoms with Crippen LogP contribution >= 0.6 is 0 Å². The predicted molar refractivity (Wildman–Crippen MR) is 119 cm³/mol. The minimum Gasteiger partial charge on any atom is -0.342 e. The molecular formula is C25H26F3N3O3. The van der Waals surface area contributed by atoms with Gasteiger partial charge in [-0.05, 0) is 48.8 Å². The summed E-state index contributed by atoms with van der Waals surface area (Å²) < 4.78 is 38.9. The summed E-state index contributed by atoms with van der Waals surface area (Å²) in [5.41, 5.74) is -0.448. The molecule has 2 aromatic rings. The number of nitrogens with zero attached hydrogens (tertiary/aromatic N) is 1. The highest BCUT2D eigenvalue weighted by Crippen LogP contribution is 2.35. The van der Waals surface area contributed by atoms with E-state index >= 15 is 0 Å². The maximum atomic E-state index is 13.0. The molecule has 0 saturated carbocycles. The highest BCUT2D eigenvalue weighted by molar-refractivity contribution is 6.07. The minimum absolute atomic E-state index is 0.120. The number of piperidine rings is 1. The Morgan fingerprint density at radius 2 is 1.68 bits per heavy atom. The second kappa shape index (κ2) is 9.48. The number of rotatable bonds is 6. The first-order valence-electron chi connectivity index (χ1n) is 11.3. The fourth-order valence-electron chi connectivity index (χ4n) is 4.92. The van der Waals surface area contributed by atoms with E-state index < -0.39 is 23.3 Å². The van der Waals surface area contributed by atoms with Crippen molar-refractivity contribution in [1.82, 2.24) is 15.5 Å². The smallest absolute Gasteiger partial charge is 0.342 e. The van der Waals surface area contributed by atoms with Crippen LogP contribution in [0.2, 0.25) is 0 Å². The van der Waals surface area contributed by atoms with Gasteiger partial charge in [-0.1, -0.05) is 48.5 Å². The van der Waals surface area contributed by atoms with E-state index in [-0.39, 0.29) is 24.2 Å². The molecule has 2 aliphatic rings. The summed E-state index contributed by atoms with van der Waals surface area (Å²) in [7, 11) is 0. The number of halogens is 3. The summed E-state index contributed by atoms with van der Waals surface area (Å²) in [5.74, 6) is -0.751. The molecule has 2 aliphatic heterocycles. The fraction of sp³-hybridized carbons (Fsp3) is 0.400. The Balaban J connectivity index is 1.40. The van der Waals surface area contributed by atoms with Crippen molar-refractivity contribution in [2.75, 3.05) is 13.1 Å². The van der Waals surface area contributed by atoms with Crippen molar-refractivity contribution in [2.45, 2.75) is 43.8 Å². The molecule has 0 radical (unpaired) electrons. The molecule has 2 N–H and O–H groups in total. The van der Waals surface area contributed by atoms with Crippen molar-refractivity contribution >= 4 is 17.8 Å². The summed E-state index contributed by atoms with van der Waals surface area (Å²) >= 11 is 0. The molecule has 9 heteroatoms. The average molecular weight is 473 g/mol. The van der Waals surface area contributed by atoms with Crippen LogP contribution < -0.4 is 10.6 Å². The first-order chi connectivity index (χ1) is 16.2. The van der Waals surface area contributed by atoms with Gasteiger partial charge in [-0.25, -0.2) is 4.79 Å². The summed E-state index contributed by atoms with van der Waals surface area (Å²) in [6.45, 7) is 0.747. The number of benzene rings is 2. The Morgan fingerprint density at radius 3 is 2.29 bits per heavy atom. The van der Waals surface area contributed by atoms with Gasteiger partial charge >= 0.3 is 12.2 Å². The molecule has 0 aromatic heterocycles. The zero-order chi connectivity index (χ0) is 24.3. The number of imide groups is 1. The van der Waals surface area contributed by atoms with E-state index in [1.165, 1.54) is 12.1 Å². The van der Waals surface area contributed by atoms with Crippen LogP contribution in [0.5, 0.6) is 0 Å².